The Kier molecular flexibility index (Phi) is 10.2. The van der Waals surface area contributed by atoms with Gasteiger partial charge in [0, 0.05) is 51.9 Å². The van der Waals surface area contributed by atoms with Crippen LogP contribution in [0.3, 0.4) is 0 Å². The van der Waals surface area contributed by atoms with Gasteiger partial charge < -0.3 is 20.5 Å². The maximum atomic E-state index is 10.7. The van der Waals surface area contributed by atoms with Crippen molar-refractivity contribution >= 4 is 29.9 Å². The number of rotatable bonds is 11. The quantitative estimate of drug-likeness (QED) is 0.220. The van der Waals surface area contributed by atoms with Crippen molar-refractivity contribution in [3.63, 3.8) is 0 Å². The molecule has 1 heterocycles. The van der Waals surface area contributed by atoms with Crippen molar-refractivity contribution < 1.29 is 9.84 Å². The van der Waals surface area contributed by atoms with E-state index in [0.29, 0.717) is 13.1 Å². The molecule has 8 heteroatoms. The van der Waals surface area contributed by atoms with Gasteiger partial charge in [0.05, 0.1) is 25.4 Å². The number of hydrogen-bond donors (Lipinski definition) is 3. The van der Waals surface area contributed by atoms with E-state index in [9.17, 15) is 5.11 Å². The van der Waals surface area contributed by atoms with Crippen molar-refractivity contribution in [2.45, 2.75) is 51.2 Å². The molecule has 1 saturated heterocycles. The minimum atomic E-state index is -0.828. The molecule has 1 unspecified atom stereocenters. The molecule has 0 amide bonds. The monoisotopic (exact) mass is 509 g/mol. The highest BCUT2D eigenvalue weighted by Gasteiger charge is 2.33. The number of guanidine groups is 1. The van der Waals surface area contributed by atoms with Crippen LogP contribution in [0, 0.1) is 5.92 Å². The number of ether oxygens (including phenoxy) is 1. The third kappa shape index (κ3) is 9.11. The van der Waals surface area contributed by atoms with Crippen molar-refractivity contribution in [1.29, 1.82) is 0 Å². The zero-order chi connectivity index (χ0) is 19.1. The summed E-state index contributed by atoms with van der Waals surface area (Å²) in [5.41, 5.74) is -0.828. The topological polar surface area (TPSA) is 72.4 Å². The maximum absolute atomic E-state index is 10.7. The van der Waals surface area contributed by atoms with E-state index >= 15 is 0 Å². The SMILES string of the molecule is CCNC(=NCC(C)(O)CN1CCOCC1)NCCN(CC1CC1)C1CC1.I. The first-order valence-corrected chi connectivity index (χ1v) is 10.8. The fraction of sp³-hybridized carbons (Fsp3) is 0.950. The first kappa shape index (κ1) is 24.1. The van der Waals surface area contributed by atoms with Crippen LogP contribution >= 0.6 is 24.0 Å². The minimum Gasteiger partial charge on any atom is -0.387 e. The highest BCUT2D eigenvalue weighted by molar-refractivity contribution is 14.0. The van der Waals surface area contributed by atoms with Crippen molar-refractivity contribution in [2.24, 2.45) is 10.9 Å². The van der Waals surface area contributed by atoms with Crippen LogP contribution in [0.1, 0.15) is 39.5 Å². The molecule has 0 bridgehead atoms. The Morgan fingerprint density at radius 2 is 1.93 bits per heavy atom. The Hall–Kier alpha value is -0.160. The van der Waals surface area contributed by atoms with Gasteiger partial charge in [-0.1, -0.05) is 0 Å². The van der Waals surface area contributed by atoms with Gasteiger partial charge >= 0.3 is 0 Å². The molecule has 0 spiro atoms. The van der Waals surface area contributed by atoms with Crippen LogP contribution in [0.25, 0.3) is 0 Å². The van der Waals surface area contributed by atoms with Crippen LogP contribution in [0.5, 0.6) is 0 Å². The van der Waals surface area contributed by atoms with Gasteiger partial charge in [-0.05, 0) is 45.4 Å². The maximum Gasteiger partial charge on any atom is 0.191 e. The van der Waals surface area contributed by atoms with Gasteiger partial charge in [0.2, 0.25) is 0 Å². The molecule has 2 saturated carbocycles. The molecule has 0 aromatic heterocycles. The van der Waals surface area contributed by atoms with E-state index in [2.05, 4.69) is 32.3 Å². The van der Waals surface area contributed by atoms with Crippen LogP contribution in [0.15, 0.2) is 4.99 Å². The van der Waals surface area contributed by atoms with E-state index in [1.165, 1.54) is 32.2 Å². The van der Waals surface area contributed by atoms with Crippen molar-refractivity contribution in [3.8, 4) is 0 Å². The number of aliphatic hydroxyl groups is 1. The van der Waals surface area contributed by atoms with Crippen LogP contribution in [0.2, 0.25) is 0 Å². The predicted molar refractivity (Wildman–Crippen MR) is 125 cm³/mol. The van der Waals surface area contributed by atoms with Gasteiger partial charge in [-0.3, -0.25) is 14.8 Å². The highest BCUT2D eigenvalue weighted by atomic mass is 127. The van der Waals surface area contributed by atoms with Crippen LogP contribution in [-0.2, 0) is 4.74 Å². The summed E-state index contributed by atoms with van der Waals surface area (Å²) in [7, 11) is 0. The first-order chi connectivity index (χ1) is 13.1. The van der Waals surface area contributed by atoms with E-state index < -0.39 is 5.60 Å². The third-order valence-corrected chi connectivity index (χ3v) is 5.53. The fourth-order valence-corrected chi connectivity index (χ4v) is 3.69. The molecule has 3 aliphatic rings. The highest BCUT2D eigenvalue weighted by Crippen LogP contribution is 2.34. The van der Waals surface area contributed by atoms with Crippen LogP contribution in [-0.4, -0.2) is 98.1 Å². The average Bonchev–Trinajstić information content (AvgIpc) is 3.53. The summed E-state index contributed by atoms with van der Waals surface area (Å²) in [6, 6.07) is 0.821. The van der Waals surface area contributed by atoms with E-state index in [0.717, 1.165) is 63.9 Å². The van der Waals surface area contributed by atoms with E-state index in [4.69, 9.17) is 4.74 Å². The zero-order valence-electron chi connectivity index (χ0n) is 17.7. The van der Waals surface area contributed by atoms with E-state index in [-0.39, 0.29) is 24.0 Å². The summed E-state index contributed by atoms with van der Waals surface area (Å²) in [5.74, 6) is 1.75. The van der Waals surface area contributed by atoms with Gasteiger partial charge in [0.1, 0.15) is 0 Å². The summed E-state index contributed by atoms with van der Waals surface area (Å²) in [6.45, 7) is 12.3. The average molecular weight is 509 g/mol. The molecule has 2 aliphatic carbocycles. The molecule has 7 nitrogen and oxygen atoms in total. The Morgan fingerprint density at radius 3 is 2.54 bits per heavy atom. The number of nitrogens with one attached hydrogen (secondary N) is 2. The standard InChI is InChI=1S/C20H39N5O2.HI/c1-3-21-19(22-8-9-25(18-6-7-18)14-17-4-5-17)23-15-20(2,26)16-24-10-12-27-13-11-24;/h17-18,26H,3-16H2,1-2H3,(H2,21,22,23);1H. The lowest BCUT2D eigenvalue weighted by molar-refractivity contribution is -0.0179. The van der Waals surface area contributed by atoms with Crippen molar-refractivity contribution in [3.05, 3.63) is 0 Å². The first-order valence-electron chi connectivity index (χ1n) is 10.8. The number of nitrogens with zero attached hydrogens (tertiary/aromatic N) is 3. The van der Waals surface area contributed by atoms with E-state index in [1.807, 2.05) is 6.92 Å². The Bertz CT molecular complexity index is 477. The van der Waals surface area contributed by atoms with Crippen LogP contribution < -0.4 is 10.6 Å². The van der Waals surface area contributed by atoms with Crippen molar-refractivity contribution in [2.75, 3.05) is 65.6 Å². The second kappa shape index (κ2) is 11.9. The molecule has 0 aromatic rings. The largest absolute Gasteiger partial charge is 0.387 e. The fourth-order valence-electron chi connectivity index (χ4n) is 3.69. The van der Waals surface area contributed by atoms with Crippen molar-refractivity contribution in [1.82, 2.24) is 20.4 Å². The van der Waals surface area contributed by atoms with Gasteiger partial charge in [0.15, 0.2) is 5.96 Å². The summed E-state index contributed by atoms with van der Waals surface area (Å²) in [4.78, 5) is 9.56. The van der Waals surface area contributed by atoms with E-state index in [1.54, 1.807) is 0 Å². The molecular weight excluding hydrogens is 469 g/mol. The molecule has 0 radical (unpaired) electrons. The number of aliphatic imine (C=N–C) groups is 1. The molecular formula is C20H40IN5O2. The number of morpholine rings is 1. The lowest BCUT2D eigenvalue weighted by Gasteiger charge is -2.33. The Balaban J connectivity index is 0.00000280. The normalized spacial score (nSPS) is 23.2. The lowest BCUT2D eigenvalue weighted by Crippen LogP contribution is -2.48. The second-order valence-corrected chi connectivity index (χ2v) is 8.68. The minimum absolute atomic E-state index is 0. The summed E-state index contributed by atoms with van der Waals surface area (Å²) in [5, 5.41) is 17.5. The molecule has 1 atom stereocenters. The number of β-amino-alcohol motifs (C(OH)–C–C–N with tert-alkyl or cyclic N) is 1. The van der Waals surface area contributed by atoms with Gasteiger partial charge in [-0.15, -0.1) is 24.0 Å². The van der Waals surface area contributed by atoms with Gasteiger partial charge in [-0.25, -0.2) is 0 Å². The lowest BCUT2D eigenvalue weighted by atomic mass is 10.1. The summed E-state index contributed by atoms with van der Waals surface area (Å²) in [6.07, 6.45) is 5.56. The smallest absolute Gasteiger partial charge is 0.191 e. The Morgan fingerprint density at radius 1 is 1.21 bits per heavy atom. The van der Waals surface area contributed by atoms with Gasteiger partial charge in [-0.2, -0.15) is 0 Å². The Labute approximate surface area is 187 Å². The molecule has 1 aliphatic heterocycles. The third-order valence-electron chi connectivity index (χ3n) is 5.53. The number of hydrogen-bond acceptors (Lipinski definition) is 5. The molecule has 3 rings (SSSR count). The molecule has 164 valence electrons. The zero-order valence-corrected chi connectivity index (χ0v) is 20.0. The molecule has 3 fully saturated rings. The number of halogens is 1. The molecule has 3 N–H and O–H groups in total. The summed E-state index contributed by atoms with van der Waals surface area (Å²) < 4.78 is 5.38. The van der Waals surface area contributed by atoms with Gasteiger partial charge in [0.25, 0.3) is 0 Å². The predicted octanol–water partition coefficient (Wildman–Crippen LogP) is 1.12. The van der Waals surface area contributed by atoms with Crippen LogP contribution in [0.4, 0.5) is 0 Å². The molecule has 28 heavy (non-hydrogen) atoms. The summed E-state index contributed by atoms with van der Waals surface area (Å²) >= 11 is 0. The second-order valence-electron chi connectivity index (χ2n) is 8.68. The molecule has 0 aromatic carbocycles.